The first-order chi connectivity index (χ1) is 9.99. The van der Waals surface area contributed by atoms with Crippen molar-refractivity contribution in [2.45, 2.75) is 40.2 Å². The Morgan fingerprint density at radius 1 is 1.52 bits per heavy atom. The van der Waals surface area contributed by atoms with Gasteiger partial charge in [-0.2, -0.15) is 4.98 Å². The second-order valence-corrected chi connectivity index (χ2v) is 6.19. The van der Waals surface area contributed by atoms with E-state index in [-0.39, 0.29) is 11.5 Å². The van der Waals surface area contributed by atoms with Crippen LogP contribution in [0.1, 0.15) is 47.0 Å². The zero-order valence-electron chi connectivity index (χ0n) is 12.3. The molecule has 0 saturated carbocycles. The van der Waals surface area contributed by atoms with Crippen LogP contribution in [0, 0.1) is 5.92 Å². The monoisotopic (exact) mass is 310 g/mol. The van der Waals surface area contributed by atoms with Gasteiger partial charge in [0.1, 0.15) is 5.75 Å². The normalized spacial score (nSPS) is 11.0. The average Bonchev–Trinajstić information content (AvgIpc) is 3.01. The molecule has 2 rings (SSSR count). The third-order valence-corrected chi connectivity index (χ3v) is 3.99. The van der Waals surface area contributed by atoms with Gasteiger partial charge in [0.2, 0.25) is 0 Å². The van der Waals surface area contributed by atoms with Crippen molar-refractivity contribution in [3.63, 3.8) is 0 Å². The van der Waals surface area contributed by atoms with Gasteiger partial charge in [-0.05, 0) is 18.4 Å². The fourth-order valence-electron chi connectivity index (χ4n) is 1.79. The molecule has 2 aromatic heterocycles. The van der Waals surface area contributed by atoms with Crippen LogP contribution >= 0.6 is 11.3 Å². The number of carboxylic acids is 1. The lowest BCUT2D eigenvalue weighted by Gasteiger charge is -2.01. The molecule has 0 saturated heterocycles. The van der Waals surface area contributed by atoms with Crippen LogP contribution in [0.5, 0.6) is 5.75 Å². The summed E-state index contributed by atoms with van der Waals surface area (Å²) < 4.78 is 10.6. The summed E-state index contributed by atoms with van der Waals surface area (Å²) in [5.74, 6) is 0.806. The Hall–Kier alpha value is -1.89. The first-order valence-electron chi connectivity index (χ1n) is 6.79. The molecule has 0 amide bonds. The third kappa shape index (κ3) is 4.04. The number of aromatic nitrogens is 2. The van der Waals surface area contributed by atoms with E-state index in [2.05, 4.69) is 24.0 Å². The lowest BCUT2D eigenvalue weighted by molar-refractivity contribution is 0.0697. The molecular weight excluding hydrogens is 292 g/mol. The Morgan fingerprint density at radius 2 is 2.29 bits per heavy atom. The molecule has 114 valence electrons. The molecule has 7 heteroatoms. The maximum Gasteiger partial charge on any atom is 0.349 e. The number of carboxylic acid groups (broad SMARTS) is 1. The van der Waals surface area contributed by atoms with Crippen molar-refractivity contribution >= 4 is 17.3 Å². The number of rotatable bonds is 7. The zero-order chi connectivity index (χ0) is 15.4. The molecule has 2 heterocycles. The number of nitrogens with zero attached hydrogens (tertiary/aromatic N) is 2. The molecule has 21 heavy (non-hydrogen) atoms. The maximum absolute atomic E-state index is 11.2. The molecule has 0 fully saturated rings. The van der Waals surface area contributed by atoms with E-state index < -0.39 is 5.97 Å². The first-order valence-corrected chi connectivity index (χ1v) is 7.61. The quantitative estimate of drug-likeness (QED) is 0.845. The summed E-state index contributed by atoms with van der Waals surface area (Å²) in [4.78, 5) is 16.6. The number of ether oxygens (including phenoxy) is 1. The Balaban J connectivity index is 2.04. The van der Waals surface area contributed by atoms with Gasteiger partial charge >= 0.3 is 5.97 Å². The molecule has 0 unspecified atom stereocenters. The van der Waals surface area contributed by atoms with E-state index in [0.29, 0.717) is 23.4 Å². The zero-order valence-corrected chi connectivity index (χ0v) is 13.1. The molecule has 0 aliphatic heterocycles. The number of aryl methyl sites for hydroxylation is 1. The standard InChI is InChI=1S/C14H18N2O4S/c1-4-9-6-10(13(21-9)14(17)18)19-7-12-15-11(16-20-12)5-8(2)3/h6,8H,4-5,7H2,1-3H3,(H,17,18). The van der Waals surface area contributed by atoms with Crippen LogP contribution in [-0.2, 0) is 19.4 Å². The van der Waals surface area contributed by atoms with E-state index in [1.165, 1.54) is 11.3 Å². The minimum Gasteiger partial charge on any atom is -0.482 e. The van der Waals surface area contributed by atoms with Gasteiger partial charge < -0.3 is 14.4 Å². The van der Waals surface area contributed by atoms with Crippen LogP contribution < -0.4 is 4.74 Å². The van der Waals surface area contributed by atoms with Crippen molar-refractivity contribution in [2.24, 2.45) is 5.92 Å². The lowest BCUT2D eigenvalue weighted by atomic mass is 10.1. The van der Waals surface area contributed by atoms with Crippen LogP contribution in [0.3, 0.4) is 0 Å². The number of aromatic carboxylic acids is 1. The van der Waals surface area contributed by atoms with Gasteiger partial charge in [0.05, 0.1) is 0 Å². The molecule has 0 atom stereocenters. The van der Waals surface area contributed by atoms with Gasteiger partial charge in [0.25, 0.3) is 5.89 Å². The van der Waals surface area contributed by atoms with Crippen LogP contribution in [-0.4, -0.2) is 21.2 Å². The summed E-state index contributed by atoms with van der Waals surface area (Å²) in [5, 5.41) is 13.0. The van der Waals surface area contributed by atoms with Crippen molar-refractivity contribution in [3.05, 3.63) is 27.5 Å². The summed E-state index contributed by atoms with van der Waals surface area (Å²) in [6, 6.07) is 1.75. The number of carbonyl (C=O) groups is 1. The summed E-state index contributed by atoms with van der Waals surface area (Å²) >= 11 is 1.23. The van der Waals surface area contributed by atoms with Crippen molar-refractivity contribution < 1.29 is 19.2 Å². The predicted octanol–water partition coefficient (Wildman–Crippen LogP) is 3.17. The summed E-state index contributed by atoms with van der Waals surface area (Å²) in [6.07, 6.45) is 1.51. The minimum absolute atomic E-state index is 0.0747. The fourth-order valence-corrected chi connectivity index (χ4v) is 2.67. The summed E-state index contributed by atoms with van der Waals surface area (Å²) in [7, 11) is 0. The molecule has 0 spiro atoms. The topological polar surface area (TPSA) is 85.5 Å². The second-order valence-electron chi connectivity index (χ2n) is 5.06. The molecular formula is C14H18N2O4S. The Labute approximate surface area is 126 Å². The average molecular weight is 310 g/mol. The number of hydrogen-bond donors (Lipinski definition) is 1. The van der Waals surface area contributed by atoms with Crippen LogP contribution in [0.2, 0.25) is 0 Å². The number of hydrogen-bond acceptors (Lipinski definition) is 6. The van der Waals surface area contributed by atoms with Crippen molar-refractivity contribution in [1.29, 1.82) is 0 Å². The van der Waals surface area contributed by atoms with Gasteiger partial charge in [-0.3, -0.25) is 0 Å². The van der Waals surface area contributed by atoms with E-state index in [4.69, 9.17) is 14.4 Å². The maximum atomic E-state index is 11.2. The van der Waals surface area contributed by atoms with E-state index in [1.807, 2.05) is 6.92 Å². The lowest BCUT2D eigenvalue weighted by Crippen LogP contribution is -2.01. The molecule has 2 aromatic rings. The summed E-state index contributed by atoms with van der Waals surface area (Å²) in [5.41, 5.74) is 0. The van der Waals surface area contributed by atoms with Gasteiger partial charge in [0.15, 0.2) is 17.3 Å². The fraction of sp³-hybridized carbons (Fsp3) is 0.500. The van der Waals surface area contributed by atoms with Gasteiger partial charge in [0, 0.05) is 11.3 Å². The highest BCUT2D eigenvalue weighted by atomic mass is 32.1. The van der Waals surface area contributed by atoms with Gasteiger partial charge in [-0.15, -0.1) is 11.3 Å². The molecule has 1 N–H and O–H groups in total. The van der Waals surface area contributed by atoms with E-state index >= 15 is 0 Å². The first kappa shape index (κ1) is 15.5. The van der Waals surface area contributed by atoms with E-state index in [1.54, 1.807) is 6.07 Å². The molecule has 0 aromatic carbocycles. The smallest absolute Gasteiger partial charge is 0.349 e. The second kappa shape index (κ2) is 6.71. The van der Waals surface area contributed by atoms with E-state index in [9.17, 15) is 4.79 Å². The third-order valence-electron chi connectivity index (χ3n) is 2.74. The highest BCUT2D eigenvalue weighted by molar-refractivity contribution is 7.14. The van der Waals surface area contributed by atoms with Crippen LogP contribution in [0.15, 0.2) is 10.6 Å². The molecule has 0 bridgehead atoms. The molecule has 0 aliphatic carbocycles. The van der Waals surface area contributed by atoms with Crippen LogP contribution in [0.4, 0.5) is 0 Å². The highest BCUT2D eigenvalue weighted by Gasteiger charge is 2.17. The Bertz CT molecular complexity index is 618. The van der Waals surface area contributed by atoms with Crippen molar-refractivity contribution in [3.8, 4) is 5.75 Å². The molecule has 0 radical (unpaired) electrons. The molecule has 6 nitrogen and oxygen atoms in total. The predicted molar refractivity (Wildman–Crippen MR) is 77.8 cm³/mol. The molecule has 0 aliphatic rings. The highest BCUT2D eigenvalue weighted by Crippen LogP contribution is 2.30. The van der Waals surface area contributed by atoms with Gasteiger partial charge in [-0.25, -0.2) is 4.79 Å². The van der Waals surface area contributed by atoms with Gasteiger partial charge in [-0.1, -0.05) is 25.9 Å². The summed E-state index contributed by atoms with van der Waals surface area (Å²) in [6.45, 7) is 6.19. The van der Waals surface area contributed by atoms with E-state index in [0.717, 1.165) is 17.7 Å². The Kier molecular flexibility index (Phi) is 4.95. The largest absolute Gasteiger partial charge is 0.482 e. The number of thiophene rings is 1. The Morgan fingerprint density at radius 3 is 2.90 bits per heavy atom. The SMILES string of the molecule is CCc1cc(OCc2nc(CC(C)C)no2)c(C(=O)O)s1. The van der Waals surface area contributed by atoms with Crippen molar-refractivity contribution in [1.82, 2.24) is 10.1 Å². The van der Waals surface area contributed by atoms with Crippen molar-refractivity contribution in [2.75, 3.05) is 0 Å². The van der Waals surface area contributed by atoms with Crippen LogP contribution in [0.25, 0.3) is 0 Å². The minimum atomic E-state index is -0.985.